The van der Waals surface area contributed by atoms with E-state index in [1.165, 1.54) is 0 Å². The summed E-state index contributed by atoms with van der Waals surface area (Å²) in [6.07, 6.45) is 1.78. The van der Waals surface area contributed by atoms with Gasteiger partial charge in [0.25, 0.3) is 5.91 Å². The smallest absolute Gasteiger partial charge is 0.273 e. The quantitative estimate of drug-likeness (QED) is 0.885. The molecule has 112 valence electrons. The molecule has 2 aromatic rings. The highest BCUT2D eigenvalue weighted by atomic mass is 16.1. The number of fused-ring (bicyclic) bond motifs is 1. The van der Waals surface area contributed by atoms with Crippen LogP contribution in [0.4, 0.5) is 5.69 Å². The van der Waals surface area contributed by atoms with E-state index < -0.39 is 0 Å². The largest absolute Gasteiger partial charge is 0.396 e. The molecule has 5 nitrogen and oxygen atoms in total. The Kier molecular flexibility index (Phi) is 4.73. The maximum atomic E-state index is 12.0. The van der Waals surface area contributed by atoms with Crippen molar-refractivity contribution in [2.24, 2.45) is 5.92 Å². The summed E-state index contributed by atoms with van der Waals surface area (Å²) in [6.45, 7) is 6.91. The number of aromatic nitrogens is 2. The number of nitrogens with one attached hydrogen (secondary N) is 1. The summed E-state index contributed by atoms with van der Waals surface area (Å²) >= 11 is 0. The minimum Gasteiger partial charge on any atom is -0.396 e. The lowest BCUT2D eigenvalue weighted by Crippen LogP contribution is -2.26. The zero-order chi connectivity index (χ0) is 15.4. The molecule has 5 heteroatoms. The minimum atomic E-state index is -0.266. The number of carbonyl (C=O) groups excluding carboxylic acids is 1. The maximum Gasteiger partial charge on any atom is 0.273 e. The first-order chi connectivity index (χ1) is 10.0. The molecule has 0 aliphatic rings. The van der Waals surface area contributed by atoms with E-state index in [1.807, 2.05) is 25.1 Å². The Labute approximate surface area is 124 Å². The Morgan fingerprint density at radius 2 is 2.10 bits per heavy atom. The fraction of sp³-hybridized carbons (Fsp3) is 0.438. The second kappa shape index (κ2) is 6.52. The summed E-state index contributed by atoms with van der Waals surface area (Å²) in [7, 11) is 0. The summed E-state index contributed by atoms with van der Waals surface area (Å²) in [5, 5.41) is 11.8. The van der Waals surface area contributed by atoms with Crippen LogP contribution in [0.2, 0.25) is 0 Å². The Hall–Kier alpha value is -2.17. The number of nitrogens with zero attached hydrogens (tertiary/aromatic N) is 2. The standard InChI is InChI=1S/C16H22N4O/c1-4-8-18-16(21)15-13(17)12-7-5-6-11(9-10(2)3)14(12)19-20-15/h5-7,10H,4,8-9H2,1-3H3,(H2,17,19)(H,18,21). The van der Waals surface area contributed by atoms with Gasteiger partial charge in [-0.25, -0.2) is 0 Å². The molecule has 0 saturated carbocycles. The van der Waals surface area contributed by atoms with Crippen molar-refractivity contribution < 1.29 is 4.79 Å². The normalized spacial score (nSPS) is 11.0. The third-order valence-electron chi connectivity index (χ3n) is 3.29. The number of nitrogen functional groups attached to an aromatic ring is 1. The minimum absolute atomic E-state index is 0.206. The number of carbonyl (C=O) groups is 1. The molecule has 0 bridgehead atoms. The van der Waals surface area contributed by atoms with Crippen LogP contribution in [0.5, 0.6) is 0 Å². The van der Waals surface area contributed by atoms with Gasteiger partial charge in [0.1, 0.15) is 0 Å². The van der Waals surface area contributed by atoms with Gasteiger partial charge in [0.2, 0.25) is 0 Å². The van der Waals surface area contributed by atoms with Crippen molar-refractivity contribution in [2.45, 2.75) is 33.6 Å². The monoisotopic (exact) mass is 286 g/mol. The van der Waals surface area contributed by atoms with Crippen LogP contribution >= 0.6 is 0 Å². The zero-order valence-corrected chi connectivity index (χ0v) is 12.8. The maximum absolute atomic E-state index is 12.0. The molecule has 0 radical (unpaired) electrons. The van der Waals surface area contributed by atoms with Crippen LogP contribution in [-0.2, 0) is 6.42 Å². The molecule has 1 heterocycles. The number of anilines is 1. The molecule has 0 aliphatic carbocycles. The molecular formula is C16H22N4O. The molecular weight excluding hydrogens is 264 g/mol. The van der Waals surface area contributed by atoms with E-state index in [2.05, 4.69) is 29.4 Å². The van der Waals surface area contributed by atoms with Gasteiger partial charge in [0.05, 0.1) is 11.2 Å². The van der Waals surface area contributed by atoms with Gasteiger partial charge in [-0.15, -0.1) is 10.2 Å². The first-order valence-electron chi connectivity index (χ1n) is 7.36. The molecule has 1 aromatic carbocycles. The number of nitrogens with two attached hydrogens (primary N) is 1. The van der Waals surface area contributed by atoms with Gasteiger partial charge < -0.3 is 11.1 Å². The van der Waals surface area contributed by atoms with E-state index in [4.69, 9.17) is 5.73 Å². The number of hydrogen-bond acceptors (Lipinski definition) is 4. The lowest BCUT2D eigenvalue weighted by atomic mass is 9.99. The fourth-order valence-corrected chi connectivity index (χ4v) is 2.30. The Bertz CT molecular complexity index is 652. The molecule has 1 amide bonds. The number of amides is 1. The fourth-order valence-electron chi connectivity index (χ4n) is 2.30. The average molecular weight is 286 g/mol. The molecule has 0 atom stereocenters. The number of benzene rings is 1. The molecule has 0 fully saturated rings. The first kappa shape index (κ1) is 15.2. The van der Waals surface area contributed by atoms with Gasteiger partial charge in [-0.1, -0.05) is 39.0 Å². The predicted octanol–water partition coefficient (Wildman–Crippen LogP) is 2.55. The zero-order valence-electron chi connectivity index (χ0n) is 12.8. The first-order valence-corrected chi connectivity index (χ1v) is 7.36. The van der Waals surface area contributed by atoms with Crippen molar-refractivity contribution >= 4 is 22.5 Å². The summed E-state index contributed by atoms with van der Waals surface area (Å²) in [5.41, 5.74) is 8.64. The van der Waals surface area contributed by atoms with Gasteiger partial charge >= 0.3 is 0 Å². The average Bonchev–Trinajstić information content (AvgIpc) is 2.45. The van der Waals surface area contributed by atoms with E-state index in [0.717, 1.165) is 29.3 Å². The molecule has 1 aromatic heterocycles. The van der Waals surface area contributed by atoms with Crippen LogP contribution in [0, 0.1) is 5.92 Å². The highest BCUT2D eigenvalue weighted by molar-refractivity contribution is 6.04. The molecule has 0 aliphatic heterocycles. The van der Waals surface area contributed by atoms with Gasteiger partial charge in [-0.2, -0.15) is 0 Å². The Morgan fingerprint density at radius 3 is 2.76 bits per heavy atom. The van der Waals surface area contributed by atoms with Crippen LogP contribution in [0.15, 0.2) is 18.2 Å². The van der Waals surface area contributed by atoms with Crippen molar-refractivity contribution in [2.75, 3.05) is 12.3 Å². The summed E-state index contributed by atoms with van der Waals surface area (Å²) in [5.74, 6) is 0.254. The van der Waals surface area contributed by atoms with Gasteiger partial charge in [0.15, 0.2) is 5.69 Å². The van der Waals surface area contributed by atoms with Crippen molar-refractivity contribution in [1.29, 1.82) is 0 Å². The number of rotatable bonds is 5. The Balaban J connectivity index is 2.45. The lowest BCUT2D eigenvalue weighted by molar-refractivity contribution is 0.0949. The molecule has 2 rings (SSSR count). The summed E-state index contributed by atoms with van der Waals surface area (Å²) < 4.78 is 0. The van der Waals surface area contributed by atoms with E-state index >= 15 is 0 Å². The second-order valence-electron chi connectivity index (χ2n) is 5.63. The van der Waals surface area contributed by atoms with Gasteiger partial charge in [-0.3, -0.25) is 4.79 Å². The van der Waals surface area contributed by atoms with Gasteiger partial charge in [0, 0.05) is 11.9 Å². The van der Waals surface area contributed by atoms with Crippen molar-refractivity contribution in [3.8, 4) is 0 Å². The molecule has 0 spiro atoms. The topological polar surface area (TPSA) is 80.9 Å². The SMILES string of the molecule is CCCNC(=O)c1nnc2c(CC(C)C)cccc2c1N. The van der Waals surface area contributed by atoms with Crippen molar-refractivity contribution in [3.63, 3.8) is 0 Å². The molecule has 3 N–H and O–H groups in total. The molecule has 0 unspecified atom stereocenters. The highest BCUT2D eigenvalue weighted by Crippen LogP contribution is 2.25. The third-order valence-corrected chi connectivity index (χ3v) is 3.29. The van der Waals surface area contributed by atoms with E-state index in [0.29, 0.717) is 18.2 Å². The van der Waals surface area contributed by atoms with E-state index in [9.17, 15) is 4.79 Å². The van der Waals surface area contributed by atoms with Crippen LogP contribution in [0.1, 0.15) is 43.2 Å². The molecule has 0 saturated heterocycles. The van der Waals surface area contributed by atoms with Gasteiger partial charge in [-0.05, 0) is 24.3 Å². The summed E-state index contributed by atoms with van der Waals surface area (Å²) in [4.78, 5) is 12.0. The van der Waals surface area contributed by atoms with Crippen LogP contribution in [0.3, 0.4) is 0 Å². The van der Waals surface area contributed by atoms with Crippen LogP contribution < -0.4 is 11.1 Å². The number of hydrogen-bond donors (Lipinski definition) is 2. The second-order valence-corrected chi connectivity index (χ2v) is 5.63. The summed E-state index contributed by atoms with van der Waals surface area (Å²) in [6, 6.07) is 5.87. The van der Waals surface area contributed by atoms with Crippen LogP contribution in [-0.4, -0.2) is 22.6 Å². The van der Waals surface area contributed by atoms with Crippen molar-refractivity contribution in [1.82, 2.24) is 15.5 Å². The highest BCUT2D eigenvalue weighted by Gasteiger charge is 2.16. The van der Waals surface area contributed by atoms with E-state index in [-0.39, 0.29) is 11.6 Å². The lowest BCUT2D eigenvalue weighted by Gasteiger charge is -2.11. The van der Waals surface area contributed by atoms with Crippen molar-refractivity contribution in [3.05, 3.63) is 29.5 Å². The predicted molar refractivity (Wildman–Crippen MR) is 85.1 cm³/mol. The van der Waals surface area contributed by atoms with Crippen LogP contribution in [0.25, 0.3) is 10.9 Å². The Morgan fingerprint density at radius 1 is 1.33 bits per heavy atom. The third kappa shape index (κ3) is 3.29. The molecule has 21 heavy (non-hydrogen) atoms. The van der Waals surface area contributed by atoms with E-state index in [1.54, 1.807) is 0 Å².